The molecule has 1 aliphatic rings. The Morgan fingerprint density at radius 2 is 2.16 bits per heavy atom. The molecule has 2 rings (SSSR count). The minimum atomic E-state index is -0.597. The van der Waals surface area contributed by atoms with Gasteiger partial charge in [0.15, 0.2) is 0 Å². The summed E-state index contributed by atoms with van der Waals surface area (Å²) in [4.78, 5) is 17.7. The first-order valence-corrected chi connectivity index (χ1v) is 6.43. The summed E-state index contributed by atoms with van der Waals surface area (Å²) >= 11 is 0. The molecule has 0 spiro atoms. The van der Waals surface area contributed by atoms with E-state index in [9.17, 15) is 9.90 Å². The number of imidazole rings is 1. The van der Waals surface area contributed by atoms with Gasteiger partial charge in [0.1, 0.15) is 11.4 Å². The average molecular weight is 267 g/mol. The van der Waals surface area contributed by atoms with Crippen LogP contribution in [0.2, 0.25) is 0 Å². The van der Waals surface area contributed by atoms with Gasteiger partial charge in [-0.05, 0) is 27.7 Å². The first-order valence-electron chi connectivity index (χ1n) is 6.43. The highest BCUT2D eigenvalue weighted by Crippen LogP contribution is 2.24. The van der Waals surface area contributed by atoms with Crippen LogP contribution >= 0.6 is 0 Å². The number of aryl methyl sites for hydroxylation is 1. The van der Waals surface area contributed by atoms with E-state index in [4.69, 9.17) is 4.74 Å². The van der Waals surface area contributed by atoms with Crippen LogP contribution in [0.3, 0.4) is 0 Å². The summed E-state index contributed by atoms with van der Waals surface area (Å²) in [5.41, 5.74) is -0.523. The number of likely N-dealkylation sites (tertiary alicyclic amines) is 1. The molecular weight excluding hydrogens is 246 g/mol. The zero-order chi connectivity index (χ0) is 14.2. The molecule has 0 radical (unpaired) electrons. The van der Waals surface area contributed by atoms with E-state index in [0.29, 0.717) is 6.54 Å². The molecule has 1 amide bonds. The smallest absolute Gasteiger partial charge is 0.410 e. The number of ether oxygens (including phenoxy) is 1. The lowest BCUT2D eigenvalue weighted by atomic mass is 10.2. The number of aliphatic hydroxyl groups excluding tert-OH is 1. The van der Waals surface area contributed by atoms with Crippen LogP contribution in [0.4, 0.5) is 4.79 Å². The first-order chi connectivity index (χ1) is 8.78. The lowest BCUT2D eigenvalue weighted by molar-refractivity contribution is 0.0270. The molecule has 106 valence electrons. The van der Waals surface area contributed by atoms with Crippen molar-refractivity contribution in [1.29, 1.82) is 0 Å². The van der Waals surface area contributed by atoms with Crippen LogP contribution in [-0.2, 0) is 4.74 Å². The molecule has 0 saturated carbocycles. The van der Waals surface area contributed by atoms with E-state index in [0.717, 1.165) is 5.82 Å². The third kappa shape index (κ3) is 3.07. The zero-order valence-electron chi connectivity index (χ0n) is 11.8. The van der Waals surface area contributed by atoms with Crippen molar-refractivity contribution in [3.63, 3.8) is 0 Å². The van der Waals surface area contributed by atoms with Crippen LogP contribution in [0.1, 0.15) is 32.6 Å². The monoisotopic (exact) mass is 267 g/mol. The van der Waals surface area contributed by atoms with E-state index in [-0.39, 0.29) is 18.7 Å². The third-order valence-electron chi connectivity index (χ3n) is 3.13. The maximum atomic E-state index is 12.0. The van der Waals surface area contributed by atoms with Crippen molar-refractivity contribution in [2.45, 2.75) is 45.4 Å². The largest absolute Gasteiger partial charge is 0.444 e. The normalized spacial score (nSPS) is 23.7. The Labute approximate surface area is 113 Å². The number of carbonyl (C=O) groups is 1. The number of amides is 1. The Bertz CT molecular complexity index is 464. The highest BCUT2D eigenvalue weighted by Gasteiger charge is 2.37. The molecule has 2 atom stereocenters. The number of carbonyl (C=O) groups excluding carboxylic acids is 1. The number of aromatic nitrogens is 2. The fraction of sp³-hybridized carbons (Fsp3) is 0.692. The molecule has 1 unspecified atom stereocenters. The Kier molecular flexibility index (Phi) is 3.54. The standard InChI is InChI=1S/C13H21N3O3/c1-9-14-5-6-16(9)10-7-15(8-11(10)17)12(18)19-13(2,3)4/h5-6,10-11,17H,7-8H2,1-4H3/t10?,11-/m1/s1. The van der Waals surface area contributed by atoms with Crippen molar-refractivity contribution in [2.24, 2.45) is 0 Å². The number of β-amino-alcohol motifs (C(OH)–C–C–N with tert-alkyl or cyclic N) is 1. The second-order valence-corrected chi connectivity index (χ2v) is 5.90. The molecule has 6 nitrogen and oxygen atoms in total. The molecule has 1 saturated heterocycles. The zero-order valence-corrected chi connectivity index (χ0v) is 11.8. The van der Waals surface area contributed by atoms with Crippen LogP contribution in [0, 0.1) is 6.92 Å². The summed E-state index contributed by atoms with van der Waals surface area (Å²) in [5.74, 6) is 0.829. The molecular formula is C13H21N3O3. The lowest BCUT2D eigenvalue weighted by Gasteiger charge is -2.24. The molecule has 19 heavy (non-hydrogen) atoms. The van der Waals surface area contributed by atoms with Crippen LogP contribution in [0.25, 0.3) is 0 Å². The van der Waals surface area contributed by atoms with Crippen LogP contribution < -0.4 is 0 Å². The number of rotatable bonds is 1. The van der Waals surface area contributed by atoms with Crippen molar-refractivity contribution in [1.82, 2.24) is 14.5 Å². The van der Waals surface area contributed by atoms with Gasteiger partial charge in [0.05, 0.1) is 18.7 Å². The van der Waals surface area contributed by atoms with Crippen molar-refractivity contribution < 1.29 is 14.6 Å². The Balaban J connectivity index is 2.06. The van der Waals surface area contributed by atoms with Crippen LogP contribution in [0.5, 0.6) is 0 Å². The highest BCUT2D eigenvalue weighted by atomic mass is 16.6. The van der Waals surface area contributed by atoms with Gasteiger partial charge in [-0.3, -0.25) is 0 Å². The van der Waals surface area contributed by atoms with Gasteiger partial charge in [0, 0.05) is 18.9 Å². The number of hydrogen-bond donors (Lipinski definition) is 1. The maximum absolute atomic E-state index is 12.0. The van der Waals surface area contributed by atoms with Crippen LogP contribution in [-0.4, -0.2) is 50.4 Å². The molecule has 6 heteroatoms. The number of aliphatic hydroxyl groups is 1. The Hall–Kier alpha value is -1.56. The SMILES string of the molecule is Cc1nccn1C1CN(C(=O)OC(C)(C)C)C[C@H]1O. The number of nitrogens with zero attached hydrogens (tertiary/aromatic N) is 3. The van der Waals surface area contributed by atoms with Crippen molar-refractivity contribution in [3.8, 4) is 0 Å². The maximum Gasteiger partial charge on any atom is 0.410 e. The van der Waals surface area contributed by atoms with Crippen molar-refractivity contribution >= 4 is 6.09 Å². The summed E-state index contributed by atoms with van der Waals surface area (Å²) in [7, 11) is 0. The minimum Gasteiger partial charge on any atom is -0.444 e. The quantitative estimate of drug-likeness (QED) is 0.834. The molecule has 1 N–H and O–H groups in total. The molecule has 1 aliphatic heterocycles. The predicted octanol–water partition coefficient (Wildman–Crippen LogP) is 1.34. The van der Waals surface area contributed by atoms with Gasteiger partial charge in [-0.25, -0.2) is 9.78 Å². The lowest BCUT2D eigenvalue weighted by Crippen LogP contribution is -2.35. The summed E-state index contributed by atoms with van der Waals surface area (Å²) in [5, 5.41) is 10.1. The summed E-state index contributed by atoms with van der Waals surface area (Å²) in [6.07, 6.45) is 2.53. The van der Waals surface area contributed by atoms with Crippen LogP contribution in [0.15, 0.2) is 12.4 Å². The van der Waals surface area contributed by atoms with Crippen molar-refractivity contribution in [3.05, 3.63) is 18.2 Å². The van der Waals surface area contributed by atoms with Crippen molar-refractivity contribution in [2.75, 3.05) is 13.1 Å². The van der Waals surface area contributed by atoms with Gasteiger partial charge in [-0.15, -0.1) is 0 Å². The second-order valence-electron chi connectivity index (χ2n) is 5.90. The Morgan fingerprint density at radius 1 is 1.47 bits per heavy atom. The average Bonchev–Trinajstić information content (AvgIpc) is 2.82. The molecule has 0 aromatic carbocycles. The second kappa shape index (κ2) is 4.85. The summed E-state index contributed by atoms with van der Waals surface area (Å²) in [6.45, 7) is 8.09. The van der Waals surface area contributed by atoms with Gasteiger partial charge in [-0.2, -0.15) is 0 Å². The highest BCUT2D eigenvalue weighted by molar-refractivity contribution is 5.68. The van der Waals surface area contributed by atoms with E-state index in [1.54, 1.807) is 11.1 Å². The molecule has 1 aromatic heterocycles. The minimum absolute atomic E-state index is 0.157. The predicted molar refractivity (Wildman–Crippen MR) is 69.8 cm³/mol. The van der Waals surface area contributed by atoms with Gasteiger partial charge in [0.2, 0.25) is 0 Å². The van der Waals surface area contributed by atoms with Gasteiger partial charge >= 0.3 is 6.09 Å². The molecule has 2 heterocycles. The fourth-order valence-corrected chi connectivity index (χ4v) is 2.26. The molecule has 1 fully saturated rings. The molecule has 0 bridgehead atoms. The van der Waals surface area contributed by atoms with E-state index in [1.165, 1.54) is 0 Å². The fourth-order valence-electron chi connectivity index (χ4n) is 2.26. The molecule has 0 aliphatic carbocycles. The van der Waals surface area contributed by atoms with E-state index < -0.39 is 11.7 Å². The van der Waals surface area contributed by atoms with Gasteiger partial charge < -0.3 is 19.3 Å². The van der Waals surface area contributed by atoms with Gasteiger partial charge in [0.25, 0.3) is 0 Å². The first kappa shape index (κ1) is 13.9. The summed E-state index contributed by atoms with van der Waals surface area (Å²) in [6, 6.07) is -0.157. The Morgan fingerprint density at radius 3 is 2.68 bits per heavy atom. The molecule has 1 aromatic rings. The number of hydrogen-bond acceptors (Lipinski definition) is 4. The van der Waals surface area contributed by atoms with E-state index in [1.807, 2.05) is 38.5 Å². The van der Waals surface area contributed by atoms with E-state index in [2.05, 4.69) is 4.98 Å². The van der Waals surface area contributed by atoms with E-state index >= 15 is 0 Å². The summed E-state index contributed by atoms with van der Waals surface area (Å²) < 4.78 is 7.21. The topological polar surface area (TPSA) is 67.6 Å². The third-order valence-corrected chi connectivity index (χ3v) is 3.13. The van der Waals surface area contributed by atoms with Gasteiger partial charge in [-0.1, -0.05) is 0 Å².